The lowest BCUT2D eigenvalue weighted by atomic mass is 10.0. The predicted molar refractivity (Wildman–Crippen MR) is 121 cm³/mol. The van der Waals surface area contributed by atoms with E-state index >= 15 is 0 Å². The van der Waals surface area contributed by atoms with Gasteiger partial charge in [0.05, 0.1) is 24.9 Å². The van der Waals surface area contributed by atoms with E-state index < -0.39 is 0 Å². The number of phenols is 1. The van der Waals surface area contributed by atoms with Gasteiger partial charge < -0.3 is 24.6 Å². The van der Waals surface area contributed by atoms with Gasteiger partial charge >= 0.3 is 5.97 Å². The third-order valence-corrected chi connectivity index (χ3v) is 5.77. The molecule has 1 fully saturated rings. The number of aromatic hydroxyl groups is 1. The van der Waals surface area contributed by atoms with E-state index in [4.69, 9.17) is 17.0 Å². The number of phenolic OH excluding ortho intramolecular Hbond substituents is 1. The summed E-state index contributed by atoms with van der Waals surface area (Å²) >= 11 is 5.68. The Balaban J connectivity index is 1.70. The van der Waals surface area contributed by atoms with Crippen LogP contribution in [0.1, 0.15) is 36.3 Å². The number of rotatable bonds is 7. The van der Waals surface area contributed by atoms with Gasteiger partial charge in [-0.1, -0.05) is 6.07 Å². The number of hydrogen-bond acceptors (Lipinski definition) is 5. The summed E-state index contributed by atoms with van der Waals surface area (Å²) in [6.07, 6.45) is 4.72. The summed E-state index contributed by atoms with van der Waals surface area (Å²) in [5.41, 5.74) is 2.86. The van der Waals surface area contributed by atoms with Crippen molar-refractivity contribution >= 4 is 23.3 Å². The molecule has 3 aromatic rings. The molecule has 2 atom stereocenters. The van der Waals surface area contributed by atoms with Crippen LogP contribution in [0.25, 0.3) is 5.69 Å². The van der Waals surface area contributed by atoms with E-state index in [9.17, 15) is 9.90 Å². The molecule has 2 aromatic heterocycles. The van der Waals surface area contributed by atoms with Gasteiger partial charge in [-0.05, 0) is 67.2 Å². The molecule has 7 nitrogen and oxygen atoms in total. The number of carbonyl (C=O) groups excluding carboxylic acids is 1. The lowest BCUT2D eigenvalue weighted by Gasteiger charge is -2.29. The highest BCUT2D eigenvalue weighted by Gasteiger charge is 2.41. The Kier molecular flexibility index (Phi) is 6.18. The van der Waals surface area contributed by atoms with Gasteiger partial charge in [-0.15, -0.1) is 0 Å². The topological polar surface area (TPSA) is 79.6 Å². The third-order valence-electron chi connectivity index (χ3n) is 5.42. The number of nitrogens with one attached hydrogen (secondary N) is 1. The first-order valence-electron chi connectivity index (χ1n) is 10.1. The fourth-order valence-corrected chi connectivity index (χ4v) is 4.28. The first-order valence-corrected chi connectivity index (χ1v) is 10.5. The minimum Gasteiger partial charge on any atom is -0.508 e. The second kappa shape index (κ2) is 9.18. The maximum Gasteiger partial charge on any atom is 0.305 e. The maximum atomic E-state index is 11.6. The monoisotopic (exact) mass is 436 g/mol. The summed E-state index contributed by atoms with van der Waals surface area (Å²) in [5.74, 6) is -0.0136. The fraction of sp³-hybridized carbons (Fsp3) is 0.261. The third kappa shape index (κ3) is 4.39. The van der Waals surface area contributed by atoms with Crippen molar-refractivity contribution < 1.29 is 14.6 Å². The molecule has 3 heterocycles. The van der Waals surface area contributed by atoms with Crippen molar-refractivity contribution in [1.82, 2.24) is 19.8 Å². The Bertz CT molecular complexity index is 1050. The van der Waals surface area contributed by atoms with E-state index in [1.807, 2.05) is 42.6 Å². The predicted octanol–water partition coefficient (Wildman–Crippen LogP) is 3.50. The highest BCUT2D eigenvalue weighted by atomic mass is 32.1. The molecule has 0 aliphatic carbocycles. The molecule has 0 saturated carbocycles. The molecule has 1 aliphatic rings. The molecule has 1 aliphatic heterocycles. The van der Waals surface area contributed by atoms with Crippen molar-refractivity contribution in [3.8, 4) is 11.4 Å². The molecule has 0 bridgehead atoms. The number of esters is 1. The number of methoxy groups -OCH3 is 1. The van der Waals surface area contributed by atoms with Gasteiger partial charge in [0.25, 0.3) is 0 Å². The number of pyridine rings is 1. The summed E-state index contributed by atoms with van der Waals surface area (Å²) < 4.78 is 6.86. The van der Waals surface area contributed by atoms with Gasteiger partial charge in [-0.3, -0.25) is 9.78 Å². The van der Waals surface area contributed by atoms with Gasteiger partial charge in [0.1, 0.15) is 5.75 Å². The van der Waals surface area contributed by atoms with Crippen LogP contribution in [0.3, 0.4) is 0 Å². The minimum absolute atomic E-state index is 0.121. The number of aromatic nitrogens is 2. The molecule has 1 aromatic carbocycles. The Morgan fingerprint density at radius 1 is 1.19 bits per heavy atom. The molecule has 0 spiro atoms. The number of hydrogen-bond donors (Lipinski definition) is 2. The molecule has 4 rings (SSSR count). The Labute approximate surface area is 186 Å². The van der Waals surface area contributed by atoms with Crippen molar-refractivity contribution in [3.63, 3.8) is 0 Å². The van der Waals surface area contributed by atoms with Crippen LogP contribution < -0.4 is 5.32 Å². The molecular formula is C23H24N4O3S. The molecule has 160 valence electrons. The van der Waals surface area contributed by atoms with Gasteiger partial charge in [0.2, 0.25) is 0 Å². The molecule has 0 amide bonds. The smallest absolute Gasteiger partial charge is 0.305 e. The van der Waals surface area contributed by atoms with Crippen LogP contribution in [0.4, 0.5) is 0 Å². The van der Waals surface area contributed by atoms with E-state index in [0.29, 0.717) is 24.5 Å². The first kappa shape index (κ1) is 20.9. The highest BCUT2D eigenvalue weighted by Crippen LogP contribution is 2.39. The molecule has 0 radical (unpaired) electrons. The zero-order valence-corrected chi connectivity index (χ0v) is 18.0. The van der Waals surface area contributed by atoms with E-state index in [0.717, 1.165) is 17.1 Å². The lowest BCUT2D eigenvalue weighted by Crippen LogP contribution is -2.31. The minimum atomic E-state index is -0.233. The van der Waals surface area contributed by atoms with Crippen molar-refractivity contribution in [1.29, 1.82) is 0 Å². The summed E-state index contributed by atoms with van der Waals surface area (Å²) in [7, 11) is 1.40. The van der Waals surface area contributed by atoms with Crippen LogP contribution >= 0.6 is 12.2 Å². The average molecular weight is 437 g/mol. The SMILES string of the molecule is COC(=O)CCCN1C(=S)N[C@H](c2ccccn2)[C@H]1c1cccn1-c1ccc(O)cc1. The highest BCUT2D eigenvalue weighted by molar-refractivity contribution is 7.80. The van der Waals surface area contributed by atoms with E-state index in [1.54, 1.807) is 18.3 Å². The Hall–Kier alpha value is -3.39. The zero-order valence-electron chi connectivity index (χ0n) is 17.1. The summed E-state index contributed by atoms with van der Waals surface area (Å²) in [5, 5.41) is 13.7. The average Bonchev–Trinajstić information content (AvgIpc) is 3.39. The first-order chi connectivity index (χ1) is 15.1. The lowest BCUT2D eigenvalue weighted by molar-refractivity contribution is -0.140. The van der Waals surface area contributed by atoms with Gasteiger partial charge in [0, 0.05) is 36.7 Å². The van der Waals surface area contributed by atoms with Crippen LogP contribution in [0.2, 0.25) is 0 Å². The normalized spacial score (nSPS) is 18.1. The molecular weight excluding hydrogens is 412 g/mol. The van der Waals surface area contributed by atoms with Crippen LogP contribution in [0, 0.1) is 0 Å². The quantitative estimate of drug-likeness (QED) is 0.433. The Morgan fingerprint density at radius 2 is 2.00 bits per heavy atom. The van der Waals surface area contributed by atoms with Crippen molar-refractivity contribution in [2.75, 3.05) is 13.7 Å². The van der Waals surface area contributed by atoms with Crippen LogP contribution in [-0.4, -0.2) is 44.3 Å². The molecule has 8 heteroatoms. The van der Waals surface area contributed by atoms with Crippen LogP contribution in [0.5, 0.6) is 5.75 Å². The van der Waals surface area contributed by atoms with Crippen LogP contribution in [0.15, 0.2) is 67.0 Å². The summed E-state index contributed by atoms with van der Waals surface area (Å²) in [6, 6.07) is 16.7. The standard InChI is InChI=1S/C23H24N4O3S/c1-30-20(29)8-5-15-27-22(21(25-23(27)31)18-6-2-3-13-24-18)19-7-4-14-26(19)16-9-11-17(28)12-10-16/h2-4,6-7,9-14,21-22,28H,5,8,15H2,1H3,(H,25,31)/t21-,22-/m1/s1. The van der Waals surface area contributed by atoms with E-state index in [1.165, 1.54) is 7.11 Å². The second-order valence-electron chi connectivity index (χ2n) is 7.32. The molecule has 1 saturated heterocycles. The van der Waals surface area contributed by atoms with Crippen molar-refractivity contribution in [3.05, 3.63) is 78.4 Å². The maximum absolute atomic E-state index is 11.6. The van der Waals surface area contributed by atoms with E-state index in [2.05, 4.69) is 25.8 Å². The summed E-state index contributed by atoms with van der Waals surface area (Å²) in [6.45, 7) is 0.607. The number of nitrogens with zero attached hydrogens (tertiary/aromatic N) is 3. The van der Waals surface area contributed by atoms with Gasteiger partial charge in [0.15, 0.2) is 5.11 Å². The number of thiocarbonyl (C=S) groups is 1. The fourth-order valence-electron chi connectivity index (χ4n) is 3.95. The van der Waals surface area contributed by atoms with Gasteiger partial charge in [-0.2, -0.15) is 0 Å². The number of carbonyl (C=O) groups is 1. The Morgan fingerprint density at radius 3 is 2.71 bits per heavy atom. The van der Waals surface area contributed by atoms with E-state index in [-0.39, 0.29) is 23.8 Å². The second-order valence-corrected chi connectivity index (χ2v) is 7.71. The molecule has 31 heavy (non-hydrogen) atoms. The van der Waals surface area contributed by atoms with Crippen LogP contribution in [-0.2, 0) is 9.53 Å². The summed E-state index contributed by atoms with van der Waals surface area (Å²) in [4.78, 5) is 18.3. The van der Waals surface area contributed by atoms with Gasteiger partial charge in [-0.25, -0.2) is 0 Å². The molecule has 0 unspecified atom stereocenters. The number of benzene rings is 1. The van der Waals surface area contributed by atoms with Crippen molar-refractivity contribution in [2.45, 2.75) is 24.9 Å². The van der Waals surface area contributed by atoms with Crippen molar-refractivity contribution in [2.24, 2.45) is 0 Å². The molecule has 2 N–H and O–H groups in total. The number of ether oxygens (including phenoxy) is 1. The largest absolute Gasteiger partial charge is 0.508 e. The zero-order chi connectivity index (χ0) is 21.8.